The summed E-state index contributed by atoms with van der Waals surface area (Å²) >= 11 is 0. The Morgan fingerprint density at radius 2 is 1.75 bits per heavy atom. The van der Waals surface area contributed by atoms with Crippen LogP contribution in [0, 0.1) is 29.6 Å². The maximum absolute atomic E-state index is 12.8. The van der Waals surface area contributed by atoms with Gasteiger partial charge in [-0.1, -0.05) is 50.6 Å². The molecule has 0 aromatic heterocycles. The number of rotatable bonds is 2. The van der Waals surface area contributed by atoms with E-state index in [0.29, 0.717) is 5.56 Å². The van der Waals surface area contributed by atoms with E-state index in [1.165, 1.54) is 0 Å². The van der Waals surface area contributed by atoms with Crippen LogP contribution in [-0.4, -0.2) is 11.6 Å². The van der Waals surface area contributed by atoms with Gasteiger partial charge in [0, 0.05) is 11.0 Å². The number of carbonyl (C=O) groups excluding carboxylic acids is 2. The quantitative estimate of drug-likeness (QED) is 0.605. The average molecular weight is 270 g/mol. The Bertz CT molecular complexity index is 582. The fraction of sp³-hybridized carbons (Fsp3) is 0.556. The second-order valence-electron chi connectivity index (χ2n) is 7.27. The lowest BCUT2D eigenvalue weighted by Gasteiger charge is -2.32. The monoisotopic (exact) mass is 270 g/mol. The Labute approximate surface area is 120 Å². The standard InChI is InChI=1S/C18H22O2/c1-11-5-7-12(8-6-11)15(19)14-13-9-10-18(4,16(14)20)17(13,2)3/h5-8,13-14H,9-10H2,1-4H3/t13-,14+,18+/m0/s1. The molecule has 20 heavy (non-hydrogen) atoms. The Morgan fingerprint density at radius 1 is 1.15 bits per heavy atom. The first-order valence-corrected chi connectivity index (χ1v) is 7.44. The van der Waals surface area contributed by atoms with Crippen LogP contribution in [0.3, 0.4) is 0 Å². The number of Topliss-reactive ketones (excluding diaryl/α,β-unsaturated/α-hetero) is 2. The van der Waals surface area contributed by atoms with Crippen LogP contribution in [-0.2, 0) is 4.79 Å². The Balaban J connectivity index is 1.98. The average Bonchev–Trinajstić information content (AvgIpc) is 2.71. The summed E-state index contributed by atoms with van der Waals surface area (Å²) in [5, 5.41) is 0. The highest BCUT2D eigenvalue weighted by atomic mass is 16.2. The van der Waals surface area contributed by atoms with Crippen LogP contribution >= 0.6 is 0 Å². The minimum absolute atomic E-state index is 0.0245. The van der Waals surface area contributed by atoms with Gasteiger partial charge in [-0.3, -0.25) is 9.59 Å². The Kier molecular flexibility index (Phi) is 2.73. The molecule has 1 aromatic carbocycles. The molecule has 0 aliphatic heterocycles. The minimum atomic E-state index is -0.425. The van der Waals surface area contributed by atoms with Crippen molar-refractivity contribution in [1.82, 2.24) is 0 Å². The third-order valence-electron chi connectivity index (χ3n) is 6.15. The van der Waals surface area contributed by atoms with Crippen molar-refractivity contribution in [2.45, 2.75) is 40.5 Å². The predicted molar refractivity (Wildman–Crippen MR) is 78.6 cm³/mol. The number of hydrogen-bond acceptors (Lipinski definition) is 2. The lowest BCUT2D eigenvalue weighted by Crippen LogP contribution is -2.35. The second kappa shape index (κ2) is 4.03. The maximum Gasteiger partial charge on any atom is 0.173 e. The van der Waals surface area contributed by atoms with E-state index in [1.807, 2.05) is 31.2 Å². The molecule has 0 unspecified atom stereocenters. The van der Waals surface area contributed by atoms with Crippen molar-refractivity contribution in [2.75, 3.05) is 0 Å². The van der Waals surface area contributed by atoms with Crippen molar-refractivity contribution in [1.29, 1.82) is 0 Å². The molecule has 3 rings (SSSR count). The molecule has 2 fully saturated rings. The summed E-state index contributed by atoms with van der Waals surface area (Å²) in [7, 11) is 0. The van der Waals surface area contributed by atoms with E-state index in [0.717, 1.165) is 18.4 Å². The molecule has 2 bridgehead atoms. The number of fused-ring (bicyclic) bond motifs is 2. The predicted octanol–water partition coefficient (Wildman–Crippen LogP) is 3.82. The molecule has 0 spiro atoms. The first-order chi connectivity index (χ1) is 9.29. The van der Waals surface area contributed by atoms with Crippen LogP contribution in [0.15, 0.2) is 24.3 Å². The van der Waals surface area contributed by atoms with Crippen LogP contribution < -0.4 is 0 Å². The molecule has 0 heterocycles. The lowest BCUT2D eigenvalue weighted by atomic mass is 9.70. The summed E-state index contributed by atoms with van der Waals surface area (Å²) in [5.74, 6) is -0.0268. The number of carbonyl (C=O) groups is 2. The second-order valence-corrected chi connectivity index (χ2v) is 7.27. The van der Waals surface area contributed by atoms with Crippen LogP contribution in [0.5, 0.6) is 0 Å². The van der Waals surface area contributed by atoms with Gasteiger partial charge in [0.25, 0.3) is 0 Å². The van der Waals surface area contributed by atoms with E-state index in [-0.39, 0.29) is 28.3 Å². The van der Waals surface area contributed by atoms with E-state index in [1.54, 1.807) is 0 Å². The zero-order valence-corrected chi connectivity index (χ0v) is 12.7. The van der Waals surface area contributed by atoms with Gasteiger partial charge in [-0.25, -0.2) is 0 Å². The van der Waals surface area contributed by atoms with E-state index in [2.05, 4.69) is 20.8 Å². The van der Waals surface area contributed by atoms with Gasteiger partial charge in [-0.05, 0) is 31.1 Å². The van der Waals surface area contributed by atoms with Gasteiger partial charge in [0.05, 0.1) is 5.92 Å². The van der Waals surface area contributed by atoms with Gasteiger partial charge in [-0.2, -0.15) is 0 Å². The van der Waals surface area contributed by atoms with Gasteiger partial charge in [0.2, 0.25) is 0 Å². The molecule has 2 aliphatic carbocycles. The molecule has 0 amide bonds. The summed E-state index contributed by atoms with van der Waals surface area (Å²) < 4.78 is 0. The van der Waals surface area contributed by atoms with Crippen molar-refractivity contribution >= 4 is 11.6 Å². The van der Waals surface area contributed by atoms with Gasteiger partial charge in [0.1, 0.15) is 5.78 Å². The fourth-order valence-corrected chi connectivity index (χ4v) is 4.29. The van der Waals surface area contributed by atoms with E-state index in [4.69, 9.17) is 0 Å². The molecule has 2 saturated carbocycles. The highest BCUT2D eigenvalue weighted by Crippen LogP contribution is 2.66. The zero-order valence-electron chi connectivity index (χ0n) is 12.7. The fourth-order valence-electron chi connectivity index (χ4n) is 4.29. The topological polar surface area (TPSA) is 34.1 Å². The lowest BCUT2D eigenvalue weighted by molar-refractivity contribution is -0.130. The molecule has 0 saturated heterocycles. The number of aryl methyl sites for hydroxylation is 1. The first-order valence-electron chi connectivity index (χ1n) is 7.44. The highest BCUT2D eigenvalue weighted by Gasteiger charge is 2.67. The number of benzene rings is 1. The van der Waals surface area contributed by atoms with Crippen LogP contribution in [0.4, 0.5) is 0 Å². The molecule has 2 heteroatoms. The van der Waals surface area contributed by atoms with Gasteiger partial charge < -0.3 is 0 Å². The summed E-state index contributed by atoms with van der Waals surface area (Å²) in [6.07, 6.45) is 1.93. The number of ketones is 2. The third kappa shape index (κ3) is 1.51. The van der Waals surface area contributed by atoms with Gasteiger partial charge in [0.15, 0.2) is 5.78 Å². The third-order valence-corrected chi connectivity index (χ3v) is 6.15. The van der Waals surface area contributed by atoms with E-state index >= 15 is 0 Å². The normalized spacial score (nSPS) is 34.5. The molecular formula is C18H22O2. The molecule has 1 aromatic rings. The van der Waals surface area contributed by atoms with Gasteiger partial charge in [-0.15, -0.1) is 0 Å². The van der Waals surface area contributed by atoms with Crippen molar-refractivity contribution < 1.29 is 9.59 Å². The summed E-state index contributed by atoms with van der Waals surface area (Å²) in [6, 6.07) is 7.59. The Hall–Kier alpha value is -1.44. The zero-order chi connectivity index (χ0) is 14.7. The van der Waals surface area contributed by atoms with E-state index < -0.39 is 5.92 Å². The molecule has 106 valence electrons. The highest BCUT2D eigenvalue weighted by molar-refractivity contribution is 6.14. The summed E-state index contributed by atoms with van der Waals surface area (Å²) in [5.41, 5.74) is 1.44. The molecule has 2 nitrogen and oxygen atoms in total. The van der Waals surface area contributed by atoms with Crippen LogP contribution in [0.25, 0.3) is 0 Å². The Morgan fingerprint density at radius 3 is 2.25 bits per heavy atom. The molecule has 2 aliphatic rings. The van der Waals surface area contributed by atoms with Crippen molar-refractivity contribution in [3.05, 3.63) is 35.4 Å². The SMILES string of the molecule is Cc1ccc(C(=O)[C@@H]2C(=O)[C@@]3(C)CC[C@@H]2C3(C)C)cc1. The maximum atomic E-state index is 12.8. The minimum Gasteiger partial charge on any atom is -0.298 e. The molecular weight excluding hydrogens is 248 g/mol. The summed E-state index contributed by atoms with van der Waals surface area (Å²) in [6.45, 7) is 8.37. The largest absolute Gasteiger partial charge is 0.298 e. The van der Waals surface area contributed by atoms with Gasteiger partial charge >= 0.3 is 0 Å². The summed E-state index contributed by atoms with van der Waals surface area (Å²) in [4.78, 5) is 25.5. The van der Waals surface area contributed by atoms with Crippen LogP contribution in [0.2, 0.25) is 0 Å². The van der Waals surface area contributed by atoms with Crippen molar-refractivity contribution in [2.24, 2.45) is 22.7 Å². The first kappa shape index (κ1) is 13.5. The van der Waals surface area contributed by atoms with Crippen molar-refractivity contribution in [3.8, 4) is 0 Å². The van der Waals surface area contributed by atoms with E-state index in [9.17, 15) is 9.59 Å². The van der Waals surface area contributed by atoms with Crippen molar-refractivity contribution in [3.63, 3.8) is 0 Å². The molecule has 0 radical (unpaired) electrons. The molecule has 0 N–H and O–H groups in total. The smallest absolute Gasteiger partial charge is 0.173 e. The number of hydrogen-bond donors (Lipinski definition) is 0. The molecule has 3 atom stereocenters. The van der Waals surface area contributed by atoms with Crippen LogP contribution in [0.1, 0.15) is 49.5 Å².